The lowest BCUT2D eigenvalue weighted by atomic mass is 10.3. The summed E-state index contributed by atoms with van der Waals surface area (Å²) in [6.07, 6.45) is 4.05. The Morgan fingerprint density at radius 2 is 2.43 bits per heavy atom. The topological polar surface area (TPSA) is 12.4 Å². The average Bonchev–Trinajstić information content (AvgIpc) is 1.87. The highest BCUT2D eigenvalue weighted by molar-refractivity contribution is 5.80. The molecule has 38 valence electrons. The summed E-state index contributed by atoms with van der Waals surface area (Å²) in [5.41, 5.74) is 1.28. The molecule has 1 heterocycles. The molecular formula is C6H9N. The number of hydrogen-bond donors (Lipinski definition) is 0. The van der Waals surface area contributed by atoms with Crippen LogP contribution in [0.25, 0.3) is 0 Å². The predicted octanol–water partition coefficient (Wildman–Crippen LogP) is 1.41. The fourth-order valence-electron chi connectivity index (χ4n) is 0.702. The first kappa shape index (κ1) is 4.57. The van der Waals surface area contributed by atoms with E-state index < -0.39 is 0 Å². The average molecular weight is 95.1 g/mol. The van der Waals surface area contributed by atoms with Crippen LogP contribution in [0, 0.1) is 0 Å². The second-order valence-corrected chi connectivity index (χ2v) is 1.93. The Morgan fingerprint density at radius 1 is 1.71 bits per heavy atom. The third kappa shape index (κ3) is 0.889. The van der Waals surface area contributed by atoms with E-state index in [0.29, 0.717) is 6.04 Å². The van der Waals surface area contributed by atoms with Gasteiger partial charge in [-0.25, -0.2) is 0 Å². The van der Waals surface area contributed by atoms with Crippen molar-refractivity contribution >= 4 is 6.21 Å². The van der Waals surface area contributed by atoms with Crippen molar-refractivity contribution in [3.05, 3.63) is 11.6 Å². The summed E-state index contributed by atoms with van der Waals surface area (Å²) in [6, 6.07) is 0.431. The summed E-state index contributed by atoms with van der Waals surface area (Å²) < 4.78 is 0. The molecule has 0 spiro atoms. The second-order valence-electron chi connectivity index (χ2n) is 1.93. The lowest BCUT2D eigenvalue weighted by molar-refractivity contribution is 0.948. The number of aliphatic imine (C=N–C) groups is 1. The van der Waals surface area contributed by atoms with Crippen LogP contribution in [0.2, 0.25) is 0 Å². The summed E-state index contributed by atoms with van der Waals surface area (Å²) in [4.78, 5) is 4.10. The lowest BCUT2D eigenvalue weighted by Gasteiger charge is -1.85. The first-order chi connectivity index (χ1) is 3.29. The van der Waals surface area contributed by atoms with Gasteiger partial charge in [0.2, 0.25) is 0 Å². The fraction of sp³-hybridized carbons (Fsp3) is 0.500. The highest BCUT2D eigenvalue weighted by Gasteiger charge is 1.97. The van der Waals surface area contributed by atoms with E-state index in [0.717, 1.165) is 0 Å². The molecule has 0 saturated carbocycles. The minimum Gasteiger partial charge on any atom is -0.286 e. The molecule has 1 atom stereocenters. The summed E-state index contributed by atoms with van der Waals surface area (Å²) in [7, 11) is 0. The molecule has 0 N–H and O–H groups in total. The zero-order chi connectivity index (χ0) is 5.28. The van der Waals surface area contributed by atoms with Gasteiger partial charge >= 0.3 is 0 Å². The van der Waals surface area contributed by atoms with Crippen molar-refractivity contribution in [1.29, 1.82) is 0 Å². The second kappa shape index (κ2) is 1.49. The summed E-state index contributed by atoms with van der Waals surface area (Å²) >= 11 is 0. The minimum absolute atomic E-state index is 0.431. The van der Waals surface area contributed by atoms with E-state index in [1.165, 1.54) is 5.57 Å². The maximum atomic E-state index is 4.10. The molecule has 0 aromatic carbocycles. The Hall–Kier alpha value is -0.590. The first-order valence-corrected chi connectivity index (χ1v) is 2.50. The monoisotopic (exact) mass is 95.1 g/mol. The van der Waals surface area contributed by atoms with E-state index in [-0.39, 0.29) is 0 Å². The Labute approximate surface area is 43.8 Å². The van der Waals surface area contributed by atoms with Crippen LogP contribution in [0.5, 0.6) is 0 Å². The van der Waals surface area contributed by atoms with Crippen LogP contribution in [-0.2, 0) is 0 Å². The van der Waals surface area contributed by atoms with Gasteiger partial charge in [-0.1, -0.05) is 6.08 Å². The zero-order valence-corrected chi connectivity index (χ0v) is 4.68. The van der Waals surface area contributed by atoms with Gasteiger partial charge in [0.05, 0.1) is 6.04 Å². The van der Waals surface area contributed by atoms with Crippen molar-refractivity contribution in [3.8, 4) is 0 Å². The molecule has 0 aliphatic carbocycles. The van der Waals surface area contributed by atoms with Crippen LogP contribution in [0.1, 0.15) is 13.8 Å². The van der Waals surface area contributed by atoms with Crippen molar-refractivity contribution in [2.45, 2.75) is 19.9 Å². The van der Waals surface area contributed by atoms with E-state index in [9.17, 15) is 0 Å². The van der Waals surface area contributed by atoms with Crippen molar-refractivity contribution in [1.82, 2.24) is 0 Å². The zero-order valence-electron chi connectivity index (χ0n) is 4.68. The van der Waals surface area contributed by atoms with Crippen molar-refractivity contribution in [3.63, 3.8) is 0 Å². The van der Waals surface area contributed by atoms with E-state index in [4.69, 9.17) is 0 Å². The standard InChI is InChI=1S/C6H9N/c1-5-3-6(2)7-4-5/h3-4,6H,1-2H3/t6-/m0/s1. The van der Waals surface area contributed by atoms with Gasteiger partial charge in [0.25, 0.3) is 0 Å². The molecule has 0 unspecified atom stereocenters. The van der Waals surface area contributed by atoms with Crippen LogP contribution in [-0.4, -0.2) is 12.3 Å². The van der Waals surface area contributed by atoms with Crippen LogP contribution in [0.15, 0.2) is 16.6 Å². The highest BCUT2D eigenvalue weighted by atomic mass is 14.8. The quantitative estimate of drug-likeness (QED) is 0.431. The third-order valence-electron chi connectivity index (χ3n) is 1.02. The van der Waals surface area contributed by atoms with Crippen LogP contribution in [0.4, 0.5) is 0 Å². The Balaban J connectivity index is 2.69. The van der Waals surface area contributed by atoms with E-state index in [1.807, 2.05) is 6.21 Å². The SMILES string of the molecule is CC1=C[C@H](C)N=C1. The van der Waals surface area contributed by atoms with Gasteiger partial charge in [0.1, 0.15) is 0 Å². The molecule has 1 aliphatic rings. The Bertz CT molecular complexity index is 122. The van der Waals surface area contributed by atoms with Gasteiger partial charge in [-0.3, -0.25) is 4.99 Å². The van der Waals surface area contributed by atoms with E-state index in [1.54, 1.807) is 0 Å². The molecule has 1 aliphatic heterocycles. The normalized spacial score (nSPS) is 28.3. The van der Waals surface area contributed by atoms with Crippen molar-refractivity contribution < 1.29 is 0 Å². The molecule has 7 heavy (non-hydrogen) atoms. The lowest BCUT2D eigenvalue weighted by Crippen LogP contribution is -1.83. The maximum Gasteiger partial charge on any atom is 0.0657 e. The molecule has 1 heteroatoms. The Kier molecular flexibility index (Phi) is 0.970. The van der Waals surface area contributed by atoms with Crippen LogP contribution >= 0.6 is 0 Å². The molecular weight excluding hydrogens is 86.1 g/mol. The summed E-state index contributed by atoms with van der Waals surface area (Å²) in [5, 5.41) is 0. The number of nitrogens with zero attached hydrogens (tertiary/aromatic N) is 1. The summed E-state index contributed by atoms with van der Waals surface area (Å²) in [5.74, 6) is 0. The van der Waals surface area contributed by atoms with Crippen molar-refractivity contribution in [2.75, 3.05) is 0 Å². The highest BCUT2D eigenvalue weighted by Crippen LogP contribution is 2.03. The molecule has 0 radical (unpaired) electrons. The molecule has 0 amide bonds. The minimum atomic E-state index is 0.431. The van der Waals surface area contributed by atoms with Gasteiger partial charge in [0.15, 0.2) is 0 Å². The molecule has 1 nitrogen and oxygen atoms in total. The van der Waals surface area contributed by atoms with Gasteiger partial charge < -0.3 is 0 Å². The Morgan fingerprint density at radius 3 is 2.57 bits per heavy atom. The van der Waals surface area contributed by atoms with Crippen molar-refractivity contribution in [2.24, 2.45) is 4.99 Å². The molecule has 0 bridgehead atoms. The fourth-order valence-corrected chi connectivity index (χ4v) is 0.702. The van der Waals surface area contributed by atoms with Crippen LogP contribution < -0.4 is 0 Å². The molecule has 0 aromatic rings. The number of rotatable bonds is 0. The van der Waals surface area contributed by atoms with Gasteiger partial charge in [0, 0.05) is 6.21 Å². The molecule has 0 aromatic heterocycles. The van der Waals surface area contributed by atoms with Gasteiger partial charge in [-0.2, -0.15) is 0 Å². The number of hydrogen-bond acceptors (Lipinski definition) is 1. The van der Waals surface area contributed by atoms with Gasteiger partial charge in [-0.05, 0) is 19.4 Å². The largest absolute Gasteiger partial charge is 0.286 e. The third-order valence-corrected chi connectivity index (χ3v) is 1.02. The first-order valence-electron chi connectivity index (χ1n) is 2.50. The van der Waals surface area contributed by atoms with Gasteiger partial charge in [-0.15, -0.1) is 0 Å². The number of allylic oxidation sites excluding steroid dienone is 1. The molecule has 1 rings (SSSR count). The maximum absolute atomic E-state index is 4.10. The predicted molar refractivity (Wildman–Crippen MR) is 31.7 cm³/mol. The smallest absolute Gasteiger partial charge is 0.0657 e. The molecule has 0 saturated heterocycles. The van der Waals surface area contributed by atoms with E-state index in [2.05, 4.69) is 24.9 Å². The summed E-state index contributed by atoms with van der Waals surface area (Å²) in [6.45, 7) is 4.14. The van der Waals surface area contributed by atoms with E-state index >= 15 is 0 Å². The van der Waals surface area contributed by atoms with Crippen LogP contribution in [0.3, 0.4) is 0 Å². The molecule has 0 fully saturated rings.